The van der Waals surface area contributed by atoms with E-state index < -0.39 is 0 Å². The van der Waals surface area contributed by atoms with Gasteiger partial charge in [-0.15, -0.1) is 0 Å². The molecule has 0 saturated carbocycles. The highest BCUT2D eigenvalue weighted by Gasteiger charge is 2.24. The average molecular weight is 168 g/mol. The lowest BCUT2D eigenvalue weighted by Crippen LogP contribution is -2.02. The summed E-state index contributed by atoms with van der Waals surface area (Å²) >= 11 is 0. The van der Waals surface area contributed by atoms with E-state index in [2.05, 4.69) is 0 Å². The minimum atomic E-state index is -0.170. The third-order valence-electron chi connectivity index (χ3n) is 1.93. The molecule has 3 heteroatoms. The van der Waals surface area contributed by atoms with E-state index in [0.717, 1.165) is 5.57 Å². The highest BCUT2D eigenvalue weighted by molar-refractivity contribution is 5.88. The van der Waals surface area contributed by atoms with Crippen LogP contribution in [-0.4, -0.2) is 18.4 Å². The second-order valence-electron chi connectivity index (χ2n) is 3.08. The molecule has 0 spiro atoms. The molecule has 1 aliphatic heterocycles. The van der Waals surface area contributed by atoms with Crippen molar-refractivity contribution in [3.05, 3.63) is 11.6 Å². The highest BCUT2D eigenvalue weighted by Crippen LogP contribution is 2.21. The number of allylic oxidation sites excluding steroid dienone is 1. The predicted molar refractivity (Wildman–Crippen MR) is 43.5 cm³/mol. The fourth-order valence-electron chi connectivity index (χ4n) is 1.24. The van der Waals surface area contributed by atoms with Crippen LogP contribution >= 0.6 is 0 Å². The third-order valence-corrected chi connectivity index (χ3v) is 1.93. The number of cyclic esters (lactones) is 1. The van der Waals surface area contributed by atoms with Crippen LogP contribution in [-0.2, 0) is 14.3 Å². The maximum atomic E-state index is 10.7. The summed E-state index contributed by atoms with van der Waals surface area (Å²) in [5, 5.41) is 0. The zero-order valence-corrected chi connectivity index (χ0v) is 7.29. The van der Waals surface area contributed by atoms with Crippen molar-refractivity contribution in [3.63, 3.8) is 0 Å². The fourth-order valence-corrected chi connectivity index (χ4v) is 1.24. The Balaban J connectivity index is 2.59. The van der Waals surface area contributed by atoms with Crippen LogP contribution in [0.15, 0.2) is 11.6 Å². The first kappa shape index (κ1) is 8.97. The third kappa shape index (κ3) is 2.19. The van der Waals surface area contributed by atoms with Gasteiger partial charge in [-0.05, 0) is 19.9 Å². The van der Waals surface area contributed by atoms with E-state index in [4.69, 9.17) is 4.74 Å². The number of carbonyl (C=O) groups excluding carboxylic acids is 2. The Hall–Kier alpha value is -1.12. The molecule has 0 aromatic carbocycles. The minimum absolute atomic E-state index is 0.0202. The molecule has 0 amide bonds. The van der Waals surface area contributed by atoms with E-state index in [0.29, 0.717) is 13.0 Å². The van der Waals surface area contributed by atoms with Crippen LogP contribution in [0, 0.1) is 5.92 Å². The normalized spacial score (nSPS) is 24.0. The van der Waals surface area contributed by atoms with Gasteiger partial charge in [0.25, 0.3) is 0 Å². The second-order valence-corrected chi connectivity index (χ2v) is 3.08. The molecule has 12 heavy (non-hydrogen) atoms. The van der Waals surface area contributed by atoms with Crippen molar-refractivity contribution in [2.24, 2.45) is 5.92 Å². The molecule has 1 heterocycles. The molecule has 0 N–H and O–H groups in total. The highest BCUT2D eigenvalue weighted by atomic mass is 16.5. The zero-order valence-electron chi connectivity index (χ0n) is 7.29. The Labute approximate surface area is 71.4 Å². The summed E-state index contributed by atoms with van der Waals surface area (Å²) in [7, 11) is 0. The topological polar surface area (TPSA) is 43.4 Å². The van der Waals surface area contributed by atoms with Gasteiger partial charge in [-0.25, -0.2) is 0 Å². The van der Waals surface area contributed by atoms with Gasteiger partial charge in [0.1, 0.15) is 0 Å². The summed E-state index contributed by atoms with van der Waals surface area (Å²) < 4.78 is 4.78. The molecule has 0 unspecified atom stereocenters. The molecular weight excluding hydrogens is 156 g/mol. The smallest absolute Gasteiger partial charge is 0.306 e. The van der Waals surface area contributed by atoms with Crippen LogP contribution in [0.25, 0.3) is 0 Å². The molecule has 1 aliphatic rings. The van der Waals surface area contributed by atoms with Gasteiger partial charge in [0.2, 0.25) is 0 Å². The number of esters is 1. The molecule has 1 rings (SSSR count). The lowest BCUT2D eigenvalue weighted by molar-refractivity contribution is -0.137. The molecule has 66 valence electrons. The number of hydrogen-bond acceptors (Lipinski definition) is 3. The summed E-state index contributed by atoms with van der Waals surface area (Å²) in [4.78, 5) is 21.4. The molecule has 0 aromatic heterocycles. The van der Waals surface area contributed by atoms with E-state index in [-0.39, 0.29) is 17.7 Å². The SMILES string of the molecule is CC(=O)/C=C(/C)[C@@H]1COC(=O)C1. The van der Waals surface area contributed by atoms with Crippen LogP contribution < -0.4 is 0 Å². The summed E-state index contributed by atoms with van der Waals surface area (Å²) in [6.45, 7) is 3.78. The Bertz CT molecular complexity index is 240. The largest absolute Gasteiger partial charge is 0.465 e. The Morgan fingerprint density at radius 3 is 2.67 bits per heavy atom. The van der Waals surface area contributed by atoms with Crippen molar-refractivity contribution in [2.45, 2.75) is 20.3 Å². The molecule has 0 bridgehead atoms. The van der Waals surface area contributed by atoms with E-state index in [1.54, 1.807) is 6.08 Å². The van der Waals surface area contributed by atoms with Crippen molar-refractivity contribution in [1.82, 2.24) is 0 Å². The van der Waals surface area contributed by atoms with Crippen LogP contribution in [0.2, 0.25) is 0 Å². The van der Waals surface area contributed by atoms with Gasteiger partial charge in [-0.3, -0.25) is 9.59 Å². The number of ether oxygens (including phenoxy) is 1. The first-order chi connectivity index (χ1) is 5.59. The first-order valence-corrected chi connectivity index (χ1v) is 3.94. The molecular formula is C9H12O3. The standard InChI is InChI=1S/C9H12O3/c1-6(3-7(2)10)8-4-9(11)12-5-8/h3,8H,4-5H2,1-2H3/b6-3-/t8-/m0/s1. The molecule has 0 radical (unpaired) electrons. The van der Waals surface area contributed by atoms with Gasteiger partial charge in [-0.1, -0.05) is 5.57 Å². The lowest BCUT2D eigenvalue weighted by atomic mass is 9.99. The van der Waals surface area contributed by atoms with Crippen LogP contribution in [0.4, 0.5) is 0 Å². The predicted octanol–water partition coefficient (Wildman–Crippen LogP) is 1.08. The van der Waals surface area contributed by atoms with Crippen molar-refractivity contribution in [3.8, 4) is 0 Å². The number of carbonyl (C=O) groups is 2. The number of hydrogen-bond donors (Lipinski definition) is 0. The average Bonchev–Trinajstić information content (AvgIpc) is 2.34. The van der Waals surface area contributed by atoms with Crippen molar-refractivity contribution < 1.29 is 14.3 Å². The number of ketones is 1. The maximum Gasteiger partial charge on any atom is 0.306 e. The second kappa shape index (κ2) is 3.52. The van der Waals surface area contributed by atoms with Gasteiger partial charge in [0.15, 0.2) is 5.78 Å². The molecule has 1 atom stereocenters. The summed E-state index contributed by atoms with van der Waals surface area (Å²) in [5.74, 6) is -0.0375. The zero-order chi connectivity index (χ0) is 9.14. The van der Waals surface area contributed by atoms with Crippen LogP contribution in [0.3, 0.4) is 0 Å². The van der Waals surface area contributed by atoms with Gasteiger partial charge < -0.3 is 4.74 Å². The van der Waals surface area contributed by atoms with Gasteiger partial charge in [0, 0.05) is 5.92 Å². The Kier molecular flexibility index (Phi) is 2.63. The molecule has 0 aromatic rings. The Morgan fingerprint density at radius 2 is 2.25 bits per heavy atom. The molecule has 1 saturated heterocycles. The Morgan fingerprint density at radius 1 is 1.58 bits per heavy atom. The fraction of sp³-hybridized carbons (Fsp3) is 0.556. The van der Waals surface area contributed by atoms with Crippen LogP contribution in [0.1, 0.15) is 20.3 Å². The van der Waals surface area contributed by atoms with Gasteiger partial charge in [-0.2, -0.15) is 0 Å². The van der Waals surface area contributed by atoms with Crippen molar-refractivity contribution >= 4 is 11.8 Å². The summed E-state index contributed by atoms with van der Waals surface area (Å²) in [6.07, 6.45) is 1.97. The maximum absolute atomic E-state index is 10.7. The molecule has 1 fully saturated rings. The molecule has 0 aliphatic carbocycles. The lowest BCUT2D eigenvalue weighted by Gasteiger charge is -2.04. The number of rotatable bonds is 2. The van der Waals surface area contributed by atoms with E-state index in [9.17, 15) is 9.59 Å². The van der Waals surface area contributed by atoms with Gasteiger partial charge in [0.05, 0.1) is 13.0 Å². The van der Waals surface area contributed by atoms with E-state index >= 15 is 0 Å². The van der Waals surface area contributed by atoms with Crippen molar-refractivity contribution in [2.75, 3.05) is 6.61 Å². The quantitative estimate of drug-likeness (QED) is 0.458. The van der Waals surface area contributed by atoms with Crippen LogP contribution in [0.5, 0.6) is 0 Å². The molecule has 3 nitrogen and oxygen atoms in total. The van der Waals surface area contributed by atoms with E-state index in [1.165, 1.54) is 6.92 Å². The summed E-state index contributed by atoms with van der Waals surface area (Å²) in [6, 6.07) is 0. The van der Waals surface area contributed by atoms with E-state index in [1.807, 2.05) is 6.92 Å². The first-order valence-electron chi connectivity index (χ1n) is 3.94. The van der Waals surface area contributed by atoms with Crippen molar-refractivity contribution in [1.29, 1.82) is 0 Å². The van der Waals surface area contributed by atoms with Gasteiger partial charge >= 0.3 is 5.97 Å². The summed E-state index contributed by atoms with van der Waals surface area (Å²) in [5.41, 5.74) is 0.938. The minimum Gasteiger partial charge on any atom is -0.465 e. The monoisotopic (exact) mass is 168 g/mol.